The topological polar surface area (TPSA) is 31.5 Å². The number of hydrogen-bond donors (Lipinski definition) is 2. The van der Waals surface area contributed by atoms with E-state index in [2.05, 4.69) is 25.3 Å². The third-order valence-corrected chi connectivity index (χ3v) is 0. The van der Waals surface area contributed by atoms with Gasteiger partial charge in [-0.25, -0.2) is 0 Å². The van der Waals surface area contributed by atoms with Crippen molar-refractivity contribution in [2.75, 3.05) is 0 Å². The second kappa shape index (κ2) is 4.66. The third-order valence-electron chi connectivity index (χ3n) is 0. The van der Waals surface area contributed by atoms with E-state index < -0.39 is 0 Å². The summed E-state index contributed by atoms with van der Waals surface area (Å²) in [7, 11) is 0. The van der Waals surface area contributed by atoms with Gasteiger partial charge in [-0.2, -0.15) is 25.3 Å². The molecule has 0 aromatic heterocycles. The smallest absolute Gasteiger partial charge is 0.0414 e. The van der Waals surface area contributed by atoms with Gasteiger partial charge in [-0.15, -0.1) is 0 Å². The standard InChI is InChI=1S/C2H6S2.H2O/c1-2(3)4;/h2-4H,1H3;1H2. The molecule has 0 heterocycles. The minimum atomic E-state index is 0. The van der Waals surface area contributed by atoms with E-state index >= 15 is 0 Å². The van der Waals surface area contributed by atoms with Gasteiger partial charge in [0.05, 0.1) is 0 Å². The molecule has 0 saturated carbocycles. The summed E-state index contributed by atoms with van der Waals surface area (Å²) in [5, 5.41) is 0. The first-order chi connectivity index (χ1) is 1.73. The molecule has 0 saturated heterocycles. The van der Waals surface area contributed by atoms with Gasteiger partial charge in [0, 0.05) is 4.58 Å². The van der Waals surface area contributed by atoms with E-state index in [0.29, 0.717) is 0 Å². The Morgan fingerprint density at radius 2 is 1.40 bits per heavy atom. The molecular formula is C2H8OS2. The van der Waals surface area contributed by atoms with Crippen LogP contribution in [0, 0.1) is 0 Å². The van der Waals surface area contributed by atoms with Crippen molar-refractivity contribution < 1.29 is 5.48 Å². The van der Waals surface area contributed by atoms with E-state index in [4.69, 9.17) is 0 Å². The van der Waals surface area contributed by atoms with E-state index in [1.165, 1.54) is 0 Å². The fourth-order valence-corrected chi connectivity index (χ4v) is 0. The van der Waals surface area contributed by atoms with Gasteiger partial charge in [0.2, 0.25) is 0 Å². The Hall–Kier alpha value is 0.660. The lowest BCUT2D eigenvalue weighted by Gasteiger charge is -1.78. The zero-order valence-corrected chi connectivity index (χ0v) is 4.76. The van der Waals surface area contributed by atoms with Crippen molar-refractivity contribution in [3.8, 4) is 0 Å². The molecule has 3 heteroatoms. The number of hydrogen-bond acceptors (Lipinski definition) is 2. The molecule has 0 radical (unpaired) electrons. The lowest BCUT2D eigenvalue weighted by molar-refractivity contribution is 0.824. The first kappa shape index (κ1) is 9.18. The molecule has 5 heavy (non-hydrogen) atoms. The van der Waals surface area contributed by atoms with Gasteiger partial charge in [-0.05, 0) is 6.92 Å². The SMILES string of the molecule is CC(S)S.O. The summed E-state index contributed by atoms with van der Waals surface area (Å²) in [4.78, 5) is 0. The maximum absolute atomic E-state index is 3.83. The second-order valence-electron chi connectivity index (χ2n) is 0.632. The summed E-state index contributed by atoms with van der Waals surface area (Å²) >= 11 is 7.66. The van der Waals surface area contributed by atoms with Crippen LogP contribution in [-0.4, -0.2) is 10.1 Å². The highest BCUT2D eigenvalue weighted by Crippen LogP contribution is 1.93. The summed E-state index contributed by atoms with van der Waals surface area (Å²) in [6.45, 7) is 1.90. The van der Waals surface area contributed by atoms with Crippen LogP contribution in [0.25, 0.3) is 0 Å². The Kier molecular flexibility index (Phi) is 8.55. The molecule has 0 aromatic rings. The largest absolute Gasteiger partial charge is 0.412 e. The highest BCUT2D eigenvalue weighted by molar-refractivity contribution is 7.99. The van der Waals surface area contributed by atoms with Crippen molar-refractivity contribution in [3.05, 3.63) is 0 Å². The first-order valence-corrected chi connectivity index (χ1v) is 2.13. The van der Waals surface area contributed by atoms with Crippen molar-refractivity contribution >= 4 is 25.3 Å². The average Bonchev–Trinajstić information content (AvgIpc) is 0.811. The molecule has 0 atom stereocenters. The van der Waals surface area contributed by atoms with Crippen LogP contribution in [0.4, 0.5) is 0 Å². The van der Waals surface area contributed by atoms with Crippen LogP contribution >= 0.6 is 25.3 Å². The molecule has 0 aliphatic rings. The molecule has 0 fully saturated rings. The van der Waals surface area contributed by atoms with Crippen molar-refractivity contribution in [1.29, 1.82) is 0 Å². The van der Waals surface area contributed by atoms with Gasteiger partial charge in [0.25, 0.3) is 0 Å². The van der Waals surface area contributed by atoms with Gasteiger partial charge in [-0.3, -0.25) is 0 Å². The highest BCUT2D eigenvalue weighted by Gasteiger charge is 1.69. The van der Waals surface area contributed by atoms with Crippen LogP contribution < -0.4 is 0 Å². The van der Waals surface area contributed by atoms with Crippen LogP contribution in [0.2, 0.25) is 0 Å². The lowest BCUT2D eigenvalue weighted by atomic mass is 11.0. The molecule has 0 bridgehead atoms. The molecule has 1 nitrogen and oxygen atoms in total. The minimum absolute atomic E-state index is 0. The van der Waals surface area contributed by atoms with Gasteiger partial charge in [0.1, 0.15) is 0 Å². The van der Waals surface area contributed by atoms with E-state index in [0.717, 1.165) is 0 Å². The van der Waals surface area contributed by atoms with Gasteiger partial charge in [-0.1, -0.05) is 0 Å². The number of rotatable bonds is 0. The number of thiol groups is 2. The predicted octanol–water partition coefficient (Wildman–Crippen LogP) is 0.367. The van der Waals surface area contributed by atoms with Gasteiger partial charge >= 0.3 is 0 Å². The molecule has 0 amide bonds. The Balaban J connectivity index is 0. The fourth-order valence-electron chi connectivity index (χ4n) is 0. The first-order valence-electron chi connectivity index (χ1n) is 1.09. The van der Waals surface area contributed by atoms with Crippen LogP contribution in [0.1, 0.15) is 6.92 Å². The van der Waals surface area contributed by atoms with Crippen molar-refractivity contribution in [2.45, 2.75) is 11.5 Å². The van der Waals surface area contributed by atoms with E-state index in [9.17, 15) is 0 Å². The Bertz CT molecular complexity index is 12.4. The van der Waals surface area contributed by atoms with Crippen LogP contribution in [0.15, 0.2) is 0 Å². The molecule has 2 N–H and O–H groups in total. The molecule has 0 aliphatic carbocycles. The van der Waals surface area contributed by atoms with Crippen LogP contribution in [0.5, 0.6) is 0 Å². The molecule has 0 aliphatic heterocycles. The van der Waals surface area contributed by atoms with Crippen molar-refractivity contribution in [3.63, 3.8) is 0 Å². The van der Waals surface area contributed by atoms with E-state index in [1.54, 1.807) is 0 Å². The quantitative estimate of drug-likeness (QED) is 0.335. The summed E-state index contributed by atoms with van der Waals surface area (Å²) in [6.07, 6.45) is 0. The molecule has 0 aromatic carbocycles. The fraction of sp³-hybridized carbons (Fsp3) is 1.00. The minimum Gasteiger partial charge on any atom is -0.412 e. The molecule has 0 rings (SSSR count). The molecule has 0 unspecified atom stereocenters. The Morgan fingerprint density at radius 3 is 1.40 bits per heavy atom. The van der Waals surface area contributed by atoms with Crippen LogP contribution in [-0.2, 0) is 0 Å². The van der Waals surface area contributed by atoms with Crippen LogP contribution in [0.3, 0.4) is 0 Å². The van der Waals surface area contributed by atoms with E-state index in [-0.39, 0.29) is 10.1 Å². The molecule has 34 valence electrons. The monoisotopic (exact) mass is 112 g/mol. The molecule has 0 spiro atoms. The summed E-state index contributed by atoms with van der Waals surface area (Å²) in [5.41, 5.74) is 0. The second-order valence-corrected chi connectivity index (χ2v) is 2.59. The summed E-state index contributed by atoms with van der Waals surface area (Å²) in [5.74, 6) is 0. The normalized spacial score (nSPS) is 7.20. The maximum atomic E-state index is 3.83. The zero-order chi connectivity index (χ0) is 3.58. The van der Waals surface area contributed by atoms with Gasteiger partial charge in [0.15, 0.2) is 0 Å². The summed E-state index contributed by atoms with van der Waals surface area (Å²) in [6, 6.07) is 0. The Labute approximate surface area is 42.9 Å². The zero-order valence-electron chi connectivity index (χ0n) is 2.97. The van der Waals surface area contributed by atoms with E-state index in [1.807, 2.05) is 6.92 Å². The lowest BCUT2D eigenvalue weighted by Crippen LogP contribution is -1.64. The van der Waals surface area contributed by atoms with Gasteiger partial charge < -0.3 is 5.48 Å². The van der Waals surface area contributed by atoms with Crippen molar-refractivity contribution in [2.24, 2.45) is 0 Å². The summed E-state index contributed by atoms with van der Waals surface area (Å²) < 4.78 is 0.222. The third kappa shape index (κ3) is 75.7. The average molecular weight is 112 g/mol. The predicted molar refractivity (Wildman–Crippen MR) is 31.0 cm³/mol. The Morgan fingerprint density at radius 1 is 1.40 bits per heavy atom. The highest BCUT2D eigenvalue weighted by atomic mass is 32.2. The van der Waals surface area contributed by atoms with Crippen molar-refractivity contribution in [1.82, 2.24) is 0 Å². The molecular weight excluding hydrogens is 104 g/mol. The maximum Gasteiger partial charge on any atom is 0.0414 e.